The van der Waals surface area contributed by atoms with E-state index in [0.29, 0.717) is 29.1 Å². The van der Waals surface area contributed by atoms with Crippen molar-refractivity contribution >= 4 is 6.09 Å². The number of hydrogen-bond donors (Lipinski definition) is 4. The minimum absolute atomic E-state index is 0.00504. The van der Waals surface area contributed by atoms with Gasteiger partial charge in [0, 0.05) is 37.8 Å². The fraction of sp³-hybridized carbons (Fsp3) is 0.444. The summed E-state index contributed by atoms with van der Waals surface area (Å²) in [6.07, 6.45) is -0.650. The van der Waals surface area contributed by atoms with Gasteiger partial charge in [-0.2, -0.15) is 0 Å². The van der Waals surface area contributed by atoms with Crippen molar-refractivity contribution in [2.45, 2.75) is 47.1 Å². The Morgan fingerprint density at radius 1 is 1.08 bits per heavy atom. The van der Waals surface area contributed by atoms with Gasteiger partial charge >= 0.3 is 6.09 Å². The van der Waals surface area contributed by atoms with E-state index < -0.39 is 6.09 Å². The van der Waals surface area contributed by atoms with Crippen molar-refractivity contribution in [3.63, 3.8) is 0 Å². The lowest BCUT2D eigenvalue weighted by Crippen LogP contribution is -2.31. The summed E-state index contributed by atoms with van der Waals surface area (Å²) in [5.74, 6) is -0.165. The van der Waals surface area contributed by atoms with E-state index >= 15 is 0 Å². The summed E-state index contributed by atoms with van der Waals surface area (Å²) in [4.78, 5) is 14.5. The fourth-order valence-electron chi connectivity index (χ4n) is 4.02. The Hall–Kier alpha value is -3.63. The number of likely N-dealkylation sites (N-methyl/N-ethyl adjacent to an activating group) is 1. The molecule has 0 aliphatic carbocycles. The van der Waals surface area contributed by atoms with Crippen molar-refractivity contribution in [2.75, 3.05) is 32.7 Å². The molecule has 0 atom stereocenters. The Morgan fingerprint density at radius 2 is 1.78 bits per heavy atom. The molecule has 1 aromatic heterocycles. The van der Waals surface area contributed by atoms with Crippen molar-refractivity contribution in [1.29, 1.82) is 0 Å². The summed E-state index contributed by atoms with van der Waals surface area (Å²) >= 11 is 0. The number of aromatic nitrogens is 3. The number of carbonyl (C=O) groups excluding carboxylic acids is 1. The Balaban J connectivity index is 1.93. The van der Waals surface area contributed by atoms with Crippen LogP contribution in [0.2, 0.25) is 0 Å². The number of ether oxygens (including phenoxy) is 1. The van der Waals surface area contributed by atoms with Gasteiger partial charge in [0.15, 0.2) is 0 Å². The number of phenols is 2. The average Bonchev–Trinajstić information content (AvgIpc) is 3.27. The summed E-state index contributed by atoms with van der Waals surface area (Å²) in [6.45, 7) is 15.1. The molecule has 0 spiro atoms. The quantitative estimate of drug-likeness (QED) is 0.270. The number of phenolic OH excluding ortho intramolecular Hbond substituents is 2. The third-order valence-electron chi connectivity index (χ3n) is 6.18. The van der Waals surface area contributed by atoms with Crippen LogP contribution in [0.3, 0.4) is 0 Å². The summed E-state index contributed by atoms with van der Waals surface area (Å²) < 4.78 is 6.87. The lowest BCUT2D eigenvalue weighted by Gasteiger charge is -2.18. The van der Waals surface area contributed by atoms with Gasteiger partial charge in [0.2, 0.25) is 0 Å². The molecule has 0 aliphatic heterocycles. The van der Waals surface area contributed by atoms with E-state index in [1.807, 2.05) is 38.1 Å². The van der Waals surface area contributed by atoms with E-state index in [-0.39, 0.29) is 23.3 Å². The van der Waals surface area contributed by atoms with Gasteiger partial charge in [-0.15, -0.1) is 0 Å². The number of carbonyl (C=O) groups is 1. The van der Waals surface area contributed by atoms with Gasteiger partial charge in [0.05, 0.1) is 0 Å². The molecule has 0 fully saturated rings. The predicted molar refractivity (Wildman–Crippen MR) is 143 cm³/mol. The second kappa shape index (κ2) is 13.1. The van der Waals surface area contributed by atoms with E-state index in [9.17, 15) is 15.0 Å². The van der Waals surface area contributed by atoms with Crippen LogP contribution in [0.5, 0.6) is 17.4 Å². The van der Waals surface area contributed by atoms with Crippen LogP contribution >= 0.6 is 0 Å². The van der Waals surface area contributed by atoms with Crippen LogP contribution in [-0.4, -0.2) is 68.9 Å². The maximum absolute atomic E-state index is 12.2. The molecule has 37 heavy (non-hydrogen) atoms. The first kappa shape index (κ1) is 27.9. The molecule has 3 aromatic rings. The minimum Gasteiger partial charge on any atom is -0.508 e. The van der Waals surface area contributed by atoms with Crippen molar-refractivity contribution in [3.8, 4) is 34.3 Å². The summed E-state index contributed by atoms with van der Waals surface area (Å²) in [6, 6.07) is 10.7. The van der Waals surface area contributed by atoms with E-state index in [2.05, 4.69) is 39.7 Å². The highest BCUT2D eigenvalue weighted by Crippen LogP contribution is 2.38. The molecule has 0 saturated heterocycles. The first-order chi connectivity index (χ1) is 17.8. The van der Waals surface area contributed by atoms with Crippen LogP contribution in [0.15, 0.2) is 36.4 Å². The zero-order chi connectivity index (χ0) is 26.9. The topological polar surface area (TPSA) is 125 Å². The molecule has 0 unspecified atom stereocenters. The SMILES string of the molecule is CCNC(=O)Oc1nnn(-c2cc(C(C)C)c(O)cc2O)c1-c1ccc(CNCCN(CC)CC)cc1. The van der Waals surface area contributed by atoms with Gasteiger partial charge in [-0.3, -0.25) is 0 Å². The van der Waals surface area contributed by atoms with Crippen molar-refractivity contribution in [2.24, 2.45) is 0 Å². The van der Waals surface area contributed by atoms with E-state index in [1.165, 1.54) is 10.7 Å². The van der Waals surface area contributed by atoms with Crippen molar-refractivity contribution < 1.29 is 19.7 Å². The Labute approximate surface area is 218 Å². The molecule has 0 aliphatic rings. The fourth-order valence-corrected chi connectivity index (χ4v) is 4.02. The molecule has 1 heterocycles. The molecule has 1 amide bonds. The van der Waals surface area contributed by atoms with Gasteiger partial charge in [0.1, 0.15) is 22.9 Å². The van der Waals surface area contributed by atoms with Crippen LogP contribution in [0.4, 0.5) is 4.79 Å². The van der Waals surface area contributed by atoms with Crippen LogP contribution in [0, 0.1) is 0 Å². The number of benzene rings is 2. The van der Waals surface area contributed by atoms with Gasteiger partial charge in [-0.25, -0.2) is 9.48 Å². The highest BCUT2D eigenvalue weighted by molar-refractivity contribution is 5.75. The van der Waals surface area contributed by atoms with E-state index in [1.54, 1.807) is 13.0 Å². The molecule has 0 radical (unpaired) electrons. The zero-order valence-electron chi connectivity index (χ0n) is 22.3. The Kier molecular flexibility index (Phi) is 9.87. The van der Waals surface area contributed by atoms with Gasteiger partial charge in [0.25, 0.3) is 5.88 Å². The van der Waals surface area contributed by atoms with Crippen LogP contribution in [-0.2, 0) is 6.54 Å². The number of amides is 1. The molecule has 10 heteroatoms. The molecular formula is C27H38N6O4. The van der Waals surface area contributed by atoms with Crippen molar-refractivity contribution in [3.05, 3.63) is 47.5 Å². The summed E-state index contributed by atoms with van der Waals surface area (Å²) in [5, 5.41) is 35.3. The maximum Gasteiger partial charge on any atom is 0.414 e. The molecule has 3 rings (SSSR count). The number of aromatic hydroxyl groups is 2. The molecule has 200 valence electrons. The molecule has 0 bridgehead atoms. The molecule has 4 N–H and O–H groups in total. The smallest absolute Gasteiger partial charge is 0.414 e. The average molecular weight is 511 g/mol. The maximum atomic E-state index is 12.2. The normalized spacial score (nSPS) is 11.3. The van der Waals surface area contributed by atoms with E-state index in [0.717, 1.165) is 38.3 Å². The number of nitrogens with one attached hydrogen (secondary N) is 2. The van der Waals surface area contributed by atoms with Crippen LogP contribution in [0.1, 0.15) is 51.7 Å². The molecule has 0 saturated carbocycles. The second-order valence-corrected chi connectivity index (χ2v) is 9.03. The monoisotopic (exact) mass is 510 g/mol. The molecular weight excluding hydrogens is 472 g/mol. The Morgan fingerprint density at radius 3 is 2.41 bits per heavy atom. The Bertz CT molecular complexity index is 1170. The first-order valence-corrected chi connectivity index (χ1v) is 12.8. The van der Waals surface area contributed by atoms with Gasteiger partial charge in [-0.05, 0) is 43.1 Å². The van der Waals surface area contributed by atoms with Crippen LogP contribution < -0.4 is 15.4 Å². The van der Waals surface area contributed by atoms with Crippen LogP contribution in [0.25, 0.3) is 16.9 Å². The lowest BCUT2D eigenvalue weighted by molar-refractivity contribution is 0.199. The number of rotatable bonds is 12. The standard InChI is InChI=1S/C27H38N6O4/c1-6-29-27(36)37-26-25(20-11-9-19(10-12-20)17-28-13-14-32(7-2)8-3)33(31-30-26)22-15-21(18(4)5)23(34)16-24(22)35/h9-12,15-16,18,28,34-35H,6-8,13-14,17H2,1-5H3,(H,29,36). The zero-order valence-corrected chi connectivity index (χ0v) is 22.3. The largest absolute Gasteiger partial charge is 0.508 e. The third-order valence-corrected chi connectivity index (χ3v) is 6.18. The van der Waals surface area contributed by atoms with Gasteiger partial charge in [-0.1, -0.05) is 62.3 Å². The lowest BCUT2D eigenvalue weighted by atomic mass is 10.0. The van der Waals surface area contributed by atoms with Gasteiger partial charge < -0.3 is 30.5 Å². The number of nitrogens with zero attached hydrogens (tertiary/aromatic N) is 4. The summed E-state index contributed by atoms with van der Waals surface area (Å²) in [5.41, 5.74) is 3.17. The third kappa shape index (κ3) is 6.99. The van der Waals surface area contributed by atoms with Crippen molar-refractivity contribution in [1.82, 2.24) is 30.5 Å². The summed E-state index contributed by atoms with van der Waals surface area (Å²) in [7, 11) is 0. The van der Waals surface area contributed by atoms with E-state index in [4.69, 9.17) is 4.74 Å². The highest BCUT2D eigenvalue weighted by atomic mass is 16.6. The molecule has 10 nitrogen and oxygen atoms in total. The minimum atomic E-state index is -0.650. The predicted octanol–water partition coefficient (Wildman–Crippen LogP) is 4.01. The second-order valence-electron chi connectivity index (χ2n) is 9.03. The number of hydrogen-bond acceptors (Lipinski definition) is 8. The highest BCUT2D eigenvalue weighted by Gasteiger charge is 2.23. The molecule has 2 aromatic carbocycles. The first-order valence-electron chi connectivity index (χ1n) is 12.8.